The third-order valence-corrected chi connectivity index (χ3v) is 4.39. The Morgan fingerprint density at radius 2 is 2.20 bits per heavy atom. The molecule has 0 spiro atoms. The predicted molar refractivity (Wildman–Crippen MR) is 31.8 cm³/mol. The van der Waals surface area contributed by atoms with Gasteiger partial charge in [0.25, 0.3) is 0 Å². The zero-order valence-electron chi connectivity index (χ0n) is 3.01. The second-order valence-corrected chi connectivity index (χ2v) is 5.72. The first-order valence-electron chi connectivity index (χ1n) is 1.51. The van der Waals surface area contributed by atoms with E-state index in [1.165, 1.54) is 0 Å². The van der Waals surface area contributed by atoms with Crippen molar-refractivity contribution in [3.8, 4) is 0 Å². The molecule has 0 nitrogen and oxygen atoms in total. The first-order valence-corrected chi connectivity index (χ1v) is 4.48. The summed E-state index contributed by atoms with van der Waals surface area (Å²) in [5, 5.41) is 0. The van der Waals surface area contributed by atoms with Crippen molar-refractivity contribution in [1.82, 2.24) is 0 Å². The molecule has 0 aliphatic carbocycles. The molecular formula is C2H5BS2. The summed E-state index contributed by atoms with van der Waals surface area (Å²) in [7, 11) is 1.87. The van der Waals surface area contributed by atoms with Crippen LogP contribution in [0, 0.1) is 0 Å². The Balaban J connectivity index is 2.58. The summed E-state index contributed by atoms with van der Waals surface area (Å²) in [6, 6.07) is 0. The van der Waals surface area contributed by atoms with E-state index >= 15 is 0 Å². The van der Waals surface area contributed by atoms with Gasteiger partial charge in [0, 0.05) is 0 Å². The summed E-state index contributed by atoms with van der Waals surface area (Å²) in [5.74, 6) is 0. The first kappa shape index (κ1) is 3.94. The van der Waals surface area contributed by atoms with Gasteiger partial charge in [-0.15, -0.1) is 0 Å². The van der Waals surface area contributed by atoms with Crippen molar-refractivity contribution in [2.24, 2.45) is 0 Å². The molecule has 28 valence electrons. The summed E-state index contributed by atoms with van der Waals surface area (Å²) >= 11 is 0. The minimum atomic E-state index is -0.0149. The Morgan fingerprint density at radius 1 is 2.00 bits per heavy atom. The van der Waals surface area contributed by atoms with Crippen LogP contribution in [0.15, 0.2) is 0 Å². The SMILES string of the molecule is B#[SH]1SC1C. The molecule has 0 aromatic heterocycles. The second-order valence-electron chi connectivity index (χ2n) is 1.06. The van der Waals surface area contributed by atoms with Crippen molar-refractivity contribution in [3.05, 3.63) is 0 Å². The number of hydrogen-bond acceptors (Lipinski definition) is 1. The molecule has 0 bridgehead atoms. The van der Waals surface area contributed by atoms with E-state index in [0.29, 0.717) is 0 Å². The molecule has 1 heterocycles. The fourth-order valence-electron chi connectivity index (χ4n) is 0.149. The molecule has 1 saturated heterocycles. The van der Waals surface area contributed by atoms with Crippen LogP contribution in [-0.4, -0.2) is 11.1 Å². The Morgan fingerprint density at radius 3 is 2.20 bits per heavy atom. The van der Waals surface area contributed by atoms with Crippen LogP contribution in [0.3, 0.4) is 0 Å². The Bertz CT molecular complexity index is 100.0. The topological polar surface area (TPSA) is 0 Å². The normalized spacial score (nSPS) is 49.4. The average Bonchev–Trinajstić information content (AvgIpc) is 1.79. The number of rotatable bonds is 0. The van der Waals surface area contributed by atoms with Gasteiger partial charge in [-0.05, 0) is 0 Å². The molecule has 1 rings (SSSR count). The van der Waals surface area contributed by atoms with Gasteiger partial charge in [0.2, 0.25) is 0 Å². The van der Waals surface area contributed by atoms with Crippen molar-refractivity contribution in [3.63, 3.8) is 0 Å². The molecule has 1 aliphatic heterocycles. The van der Waals surface area contributed by atoms with E-state index in [1.54, 1.807) is 0 Å². The fraction of sp³-hybridized carbons (Fsp3) is 1.00. The average molecular weight is 104 g/mol. The molecular weight excluding hydrogens is 99.0 g/mol. The van der Waals surface area contributed by atoms with Crippen LogP contribution in [0.25, 0.3) is 0 Å². The predicted octanol–water partition coefficient (Wildman–Crippen LogP) is 1.08. The van der Waals surface area contributed by atoms with Crippen molar-refractivity contribution in [2.75, 3.05) is 0 Å². The van der Waals surface area contributed by atoms with Crippen LogP contribution < -0.4 is 0 Å². The molecule has 0 aromatic carbocycles. The minimum absolute atomic E-state index is 0.0149. The van der Waals surface area contributed by atoms with Gasteiger partial charge in [0.1, 0.15) is 0 Å². The van der Waals surface area contributed by atoms with Gasteiger partial charge in [0.15, 0.2) is 0 Å². The Kier molecular flexibility index (Phi) is 0.882. The second kappa shape index (κ2) is 1.12. The van der Waals surface area contributed by atoms with Crippen LogP contribution in [0.4, 0.5) is 0 Å². The third-order valence-electron chi connectivity index (χ3n) is 0.587. The summed E-state index contributed by atoms with van der Waals surface area (Å²) in [6.45, 7) is 7.56. The van der Waals surface area contributed by atoms with Gasteiger partial charge in [-0.1, -0.05) is 0 Å². The van der Waals surface area contributed by atoms with Crippen LogP contribution in [0.2, 0.25) is 0 Å². The van der Waals surface area contributed by atoms with Crippen LogP contribution in [0.1, 0.15) is 6.92 Å². The van der Waals surface area contributed by atoms with E-state index in [1.807, 2.05) is 10.8 Å². The van der Waals surface area contributed by atoms with Crippen LogP contribution >= 0.6 is 20.0 Å². The van der Waals surface area contributed by atoms with E-state index in [9.17, 15) is 0 Å². The molecule has 0 saturated carbocycles. The van der Waals surface area contributed by atoms with Gasteiger partial charge in [-0.2, -0.15) is 0 Å². The Hall–Kier alpha value is 0.765. The number of thiol groups is 1. The van der Waals surface area contributed by atoms with Crippen molar-refractivity contribution in [1.29, 1.82) is 0 Å². The van der Waals surface area contributed by atoms with Gasteiger partial charge in [0.05, 0.1) is 0 Å². The molecule has 1 aliphatic rings. The fourth-order valence-corrected chi connectivity index (χ4v) is 1.83. The zero-order chi connectivity index (χ0) is 3.86. The zero-order valence-corrected chi connectivity index (χ0v) is 4.72. The molecule has 1 fully saturated rings. The van der Waals surface area contributed by atoms with E-state index in [4.69, 9.17) is 6.53 Å². The van der Waals surface area contributed by atoms with E-state index in [2.05, 4.69) is 6.92 Å². The third kappa shape index (κ3) is 0.796. The maximum absolute atomic E-state index is 5.39. The summed E-state index contributed by atoms with van der Waals surface area (Å²) in [6.07, 6.45) is 0. The van der Waals surface area contributed by atoms with Gasteiger partial charge in [-0.3, -0.25) is 0 Å². The van der Waals surface area contributed by atoms with E-state index in [-0.39, 0.29) is 9.16 Å². The molecule has 0 N–H and O–H groups in total. The summed E-state index contributed by atoms with van der Waals surface area (Å²) in [4.78, 5) is 0. The standard InChI is InChI=1S/C2H5BS2/c1-2-4-5(2)3/h2,5H,1H3. The molecule has 0 radical (unpaired) electrons. The molecule has 0 amide bonds. The first-order chi connectivity index (χ1) is 2.30. The molecule has 0 aromatic rings. The Labute approximate surface area is 38.6 Å². The maximum atomic E-state index is 5.39. The van der Waals surface area contributed by atoms with Gasteiger partial charge >= 0.3 is 38.0 Å². The van der Waals surface area contributed by atoms with Crippen molar-refractivity contribution in [2.45, 2.75) is 11.5 Å². The number of hydrogen-bond donors (Lipinski definition) is 1. The van der Waals surface area contributed by atoms with Crippen molar-refractivity contribution < 1.29 is 0 Å². The van der Waals surface area contributed by atoms with Crippen LogP contribution in [0.5, 0.6) is 0 Å². The van der Waals surface area contributed by atoms with Gasteiger partial charge in [-0.25, -0.2) is 0 Å². The summed E-state index contributed by atoms with van der Waals surface area (Å²) < 4.78 is 0.810. The van der Waals surface area contributed by atoms with E-state index < -0.39 is 0 Å². The quantitative estimate of drug-likeness (QED) is 0.207. The van der Waals surface area contributed by atoms with E-state index in [0.717, 1.165) is 4.58 Å². The summed E-state index contributed by atoms with van der Waals surface area (Å²) in [5.41, 5.74) is 0. The van der Waals surface area contributed by atoms with Crippen LogP contribution in [-0.2, 0) is 0 Å². The molecule has 2 atom stereocenters. The van der Waals surface area contributed by atoms with Gasteiger partial charge < -0.3 is 0 Å². The molecule has 5 heavy (non-hydrogen) atoms. The van der Waals surface area contributed by atoms with Crippen molar-refractivity contribution >= 4 is 26.5 Å². The molecule has 2 unspecified atom stereocenters. The molecule has 3 heteroatoms. The monoisotopic (exact) mass is 104 g/mol.